The summed E-state index contributed by atoms with van der Waals surface area (Å²) >= 11 is 0. The number of ether oxygens (including phenoxy) is 1. The number of carbonyl (C=O) groups is 1. The second-order valence-corrected chi connectivity index (χ2v) is 12.7. The van der Waals surface area contributed by atoms with Crippen LogP contribution < -0.4 is 0 Å². The zero-order valence-electron chi connectivity index (χ0n) is 27.8. The molecule has 41 heavy (non-hydrogen) atoms. The lowest BCUT2D eigenvalue weighted by Crippen LogP contribution is -2.39. The molecule has 0 saturated carbocycles. The van der Waals surface area contributed by atoms with Crippen LogP contribution in [0.3, 0.4) is 0 Å². The molecule has 4 atom stereocenters. The zero-order valence-corrected chi connectivity index (χ0v) is 27.8. The quantitative estimate of drug-likeness (QED) is 0.0561. The Balaban J connectivity index is 4.55. The molecule has 0 aromatic rings. The summed E-state index contributed by atoms with van der Waals surface area (Å²) in [5.74, 6) is -0.708. The maximum absolute atomic E-state index is 12.1. The van der Waals surface area contributed by atoms with Gasteiger partial charge in [0.1, 0.15) is 0 Å². The highest BCUT2D eigenvalue weighted by Gasteiger charge is 2.24. The summed E-state index contributed by atoms with van der Waals surface area (Å²) in [6.45, 7) is 10.7. The average molecular weight is 586 g/mol. The second-order valence-electron chi connectivity index (χ2n) is 12.7. The van der Waals surface area contributed by atoms with Crippen LogP contribution in [0.15, 0.2) is 0 Å². The summed E-state index contributed by atoms with van der Waals surface area (Å²) in [5, 5.41) is 32.0. The van der Waals surface area contributed by atoms with Gasteiger partial charge in [0.2, 0.25) is 0 Å². The van der Waals surface area contributed by atoms with Gasteiger partial charge in [0.05, 0.1) is 18.8 Å². The molecule has 246 valence electrons. The van der Waals surface area contributed by atoms with Crippen molar-refractivity contribution in [3.05, 3.63) is 0 Å². The van der Waals surface area contributed by atoms with Crippen LogP contribution in [0, 0.1) is 5.92 Å². The third-order valence-corrected chi connectivity index (χ3v) is 8.38. The SMILES string of the molecule is CCCCCCCCCCC(O)CN(CCCC(C)C(O)C(=O)OCCCC)CC(O)CCCCCCCCCC. The predicted molar refractivity (Wildman–Crippen MR) is 173 cm³/mol. The van der Waals surface area contributed by atoms with Crippen molar-refractivity contribution < 1.29 is 24.9 Å². The van der Waals surface area contributed by atoms with Crippen LogP contribution in [-0.4, -0.2) is 70.7 Å². The number of hydrogen-bond acceptors (Lipinski definition) is 6. The molecule has 0 heterocycles. The van der Waals surface area contributed by atoms with Crippen LogP contribution >= 0.6 is 0 Å². The normalized spacial score (nSPS) is 14.7. The molecule has 0 radical (unpaired) electrons. The summed E-state index contributed by atoms with van der Waals surface area (Å²) in [7, 11) is 0. The van der Waals surface area contributed by atoms with Crippen molar-refractivity contribution in [2.75, 3.05) is 26.2 Å². The highest BCUT2D eigenvalue weighted by molar-refractivity contribution is 5.74. The Morgan fingerprint density at radius 3 is 1.44 bits per heavy atom. The first-order chi connectivity index (χ1) is 19.8. The smallest absolute Gasteiger partial charge is 0.335 e. The number of aliphatic hydroxyl groups excluding tert-OH is 3. The second kappa shape index (κ2) is 29.4. The Hall–Kier alpha value is -0.690. The van der Waals surface area contributed by atoms with Gasteiger partial charge in [-0.3, -0.25) is 4.90 Å². The molecule has 0 aliphatic carbocycles. The van der Waals surface area contributed by atoms with Gasteiger partial charge in [0, 0.05) is 13.1 Å². The van der Waals surface area contributed by atoms with Crippen LogP contribution in [0.5, 0.6) is 0 Å². The fraction of sp³-hybridized carbons (Fsp3) is 0.971. The van der Waals surface area contributed by atoms with Gasteiger partial charge < -0.3 is 20.1 Å². The number of esters is 1. The van der Waals surface area contributed by atoms with Crippen LogP contribution in [0.1, 0.15) is 169 Å². The van der Waals surface area contributed by atoms with Gasteiger partial charge in [-0.25, -0.2) is 4.79 Å². The summed E-state index contributed by atoms with van der Waals surface area (Å²) in [4.78, 5) is 14.3. The van der Waals surface area contributed by atoms with Gasteiger partial charge in [-0.1, -0.05) is 137 Å². The average Bonchev–Trinajstić information content (AvgIpc) is 2.95. The number of unbranched alkanes of at least 4 members (excludes halogenated alkanes) is 15. The van der Waals surface area contributed by atoms with E-state index in [2.05, 4.69) is 18.7 Å². The highest BCUT2D eigenvalue weighted by Crippen LogP contribution is 2.16. The molecule has 3 N–H and O–H groups in total. The summed E-state index contributed by atoms with van der Waals surface area (Å²) in [5.41, 5.74) is 0. The number of rotatable bonds is 31. The molecule has 0 fully saturated rings. The van der Waals surface area contributed by atoms with Crippen LogP contribution in [0.4, 0.5) is 0 Å². The molecule has 6 nitrogen and oxygen atoms in total. The molecular weight excluding hydrogens is 514 g/mol. The van der Waals surface area contributed by atoms with Crippen molar-refractivity contribution in [1.82, 2.24) is 4.90 Å². The number of hydrogen-bond donors (Lipinski definition) is 3. The first-order valence-corrected chi connectivity index (χ1v) is 17.8. The topological polar surface area (TPSA) is 90.2 Å². The van der Waals surface area contributed by atoms with Crippen molar-refractivity contribution in [3.63, 3.8) is 0 Å². The van der Waals surface area contributed by atoms with E-state index in [0.717, 1.165) is 51.5 Å². The van der Waals surface area contributed by atoms with Crippen LogP contribution in [-0.2, 0) is 9.53 Å². The van der Waals surface area contributed by atoms with E-state index >= 15 is 0 Å². The minimum absolute atomic E-state index is 0.185. The molecule has 0 bridgehead atoms. The summed E-state index contributed by atoms with van der Waals surface area (Å²) in [6.07, 6.45) is 23.1. The molecule has 0 spiro atoms. The van der Waals surface area contributed by atoms with E-state index in [0.29, 0.717) is 26.1 Å². The van der Waals surface area contributed by atoms with Crippen LogP contribution in [0.25, 0.3) is 0 Å². The first kappa shape index (κ1) is 40.3. The fourth-order valence-corrected chi connectivity index (χ4v) is 5.49. The van der Waals surface area contributed by atoms with E-state index in [1.54, 1.807) is 0 Å². The van der Waals surface area contributed by atoms with Gasteiger partial charge in [0.15, 0.2) is 6.10 Å². The van der Waals surface area contributed by atoms with Gasteiger partial charge >= 0.3 is 5.97 Å². The Morgan fingerprint density at radius 2 is 1.00 bits per heavy atom. The van der Waals surface area contributed by atoms with Crippen molar-refractivity contribution in [3.8, 4) is 0 Å². The third kappa shape index (κ3) is 25.5. The van der Waals surface area contributed by atoms with E-state index in [-0.39, 0.29) is 18.1 Å². The molecule has 0 rings (SSSR count). The van der Waals surface area contributed by atoms with Gasteiger partial charge in [-0.2, -0.15) is 0 Å². The van der Waals surface area contributed by atoms with E-state index in [1.165, 1.54) is 89.9 Å². The monoisotopic (exact) mass is 586 g/mol. The Bertz CT molecular complexity index is 533. The molecule has 0 aromatic heterocycles. The fourth-order valence-electron chi connectivity index (χ4n) is 5.49. The van der Waals surface area contributed by atoms with Crippen molar-refractivity contribution >= 4 is 5.97 Å². The summed E-state index contributed by atoms with van der Waals surface area (Å²) < 4.78 is 5.19. The minimum Gasteiger partial charge on any atom is -0.464 e. The van der Waals surface area contributed by atoms with E-state index in [1.807, 2.05) is 13.8 Å². The molecule has 0 aliphatic heterocycles. The maximum atomic E-state index is 12.1. The zero-order chi connectivity index (χ0) is 30.6. The molecule has 0 aliphatic rings. The predicted octanol–water partition coefficient (Wildman–Crippen LogP) is 8.19. The lowest BCUT2D eigenvalue weighted by atomic mass is 9.98. The molecule has 0 saturated heterocycles. The third-order valence-electron chi connectivity index (χ3n) is 8.38. The van der Waals surface area contributed by atoms with Crippen LogP contribution in [0.2, 0.25) is 0 Å². The largest absolute Gasteiger partial charge is 0.464 e. The van der Waals surface area contributed by atoms with Crippen molar-refractivity contribution in [2.45, 2.75) is 187 Å². The van der Waals surface area contributed by atoms with E-state index in [4.69, 9.17) is 4.74 Å². The van der Waals surface area contributed by atoms with E-state index < -0.39 is 12.1 Å². The van der Waals surface area contributed by atoms with Gasteiger partial charge in [0.25, 0.3) is 0 Å². The Morgan fingerprint density at radius 1 is 0.585 bits per heavy atom. The highest BCUT2D eigenvalue weighted by atomic mass is 16.5. The Labute approximate surface area is 255 Å². The Kier molecular flexibility index (Phi) is 28.9. The molecule has 6 heteroatoms. The number of carbonyl (C=O) groups excluding carboxylic acids is 1. The van der Waals surface area contributed by atoms with Crippen molar-refractivity contribution in [1.29, 1.82) is 0 Å². The standard InChI is InChI=1S/C35H71NO5/c1-5-8-11-13-15-17-19-21-25-32(37)29-36(30-33(38)26-22-20-18-16-14-12-9-6-2)27-23-24-31(4)34(39)35(40)41-28-10-7-3/h31-34,37-39H,5-30H2,1-4H3. The van der Waals surface area contributed by atoms with Crippen molar-refractivity contribution in [2.24, 2.45) is 5.92 Å². The molecule has 4 unspecified atom stereocenters. The lowest BCUT2D eigenvalue weighted by Gasteiger charge is -2.28. The first-order valence-electron chi connectivity index (χ1n) is 17.8. The summed E-state index contributed by atoms with van der Waals surface area (Å²) in [6, 6.07) is 0. The molecule has 0 aromatic carbocycles. The lowest BCUT2D eigenvalue weighted by molar-refractivity contribution is -0.156. The van der Waals surface area contributed by atoms with Gasteiger partial charge in [-0.05, 0) is 44.6 Å². The number of nitrogens with zero attached hydrogens (tertiary/aromatic N) is 1. The molecule has 0 amide bonds. The van der Waals surface area contributed by atoms with Gasteiger partial charge in [-0.15, -0.1) is 0 Å². The minimum atomic E-state index is -1.10. The molecular formula is C35H71NO5. The number of aliphatic hydroxyl groups is 3. The maximum Gasteiger partial charge on any atom is 0.335 e. The van der Waals surface area contributed by atoms with E-state index in [9.17, 15) is 20.1 Å².